The summed E-state index contributed by atoms with van der Waals surface area (Å²) in [5.41, 5.74) is 6.21. The minimum Gasteiger partial charge on any atom is -0.271 e. The summed E-state index contributed by atoms with van der Waals surface area (Å²) in [6.07, 6.45) is 0.993. The van der Waals surface area contributed by atoms with Gasteiger partial charge in [-0.05, 0) is 35.2 Å². The van der Waals surface area contributed by atoms with Gasteiger partial charge in [-0.1, -0.05) is 60.5 Å². The lowest BCUT2D eigenvalue weighted by Gasteiger charge is -2.18. The predicted octanol–water partition coefficient (Wildman–Crippen LogP) is 4.11. The Labute approximate surface area is 123 Å². The highest BCUT2D eigenvalue weighted by Gasteiger charge is 2.13. The maximum absolute atomic E-state index is 6.06. The van der Waals surface area contributed by atoms with Gasteiger partial charge < -0.3 is 0 Å². The maximum Gasteiger partial charge on any atom is 0.0710 e. The maximum atomic E-state index is 6.06. The number of nitrogens with two attached hydrogens (primary N) is 1. The van der Waals surface area contributed by atoms with Crippen LogP contribution in [0.3, 0.4) is 0 Å². The number of benzene rings is 2. The highest BCUT2D eigenvalue weighted by molar-refractivity contribution is 6.42. The summed E-state index contributed by atoms with van der Waals surface area (Å²) in [4.78, 5) is 0. The molecule has 0 saturated carbocycles. The first-order valence-electron chi connectivity index (χ1n) is 6.15. The molecular weight excluding hydrogens is 279 g/mol. The number of hydrogen-bond donors (Lipinski definition) is 2. The number of rotatable bonds is 4. The second kappa shape index (κ2) is 6.40. The average molecular weight is 295 g/mol. The van der Waals surface area contributed by atoms with E-state index in [2.05, 4.69) is 24.5 Å². The Balaban J connectivity index is 2.40. The Bertz CT molecular complexity index is 570. The SMILES string of the molecule is CCc1cccc(C(NN)c2ccc(Cl)c(Cl)c2)c1. The van der Waals surface area contributed by atoms with Crippen LogP contribution in [0.5, 0.6) is 0 Å². The summed E-state index contributed by atoms with van der Waals surface area (Å²) in [7, 11) is 0. The van der Waals surface area contributed by atoms with Crippen molar-refractivity contribution >= 4 is 23.2 Å². The fourth-order valence-electron chi connectivity index (χ4n) is 2.07. The molecule has 0 aliphatic carbocycles. The first-order chi connectivity index (χ1) is 9.15. The topological polar surface area (TPSA) is 38.0 Å². The fourth-order valence-corrected chi connectivity index (χ4v) is 2.38. The lowest BCUT2D eigenvalue weighted by molar-refractivity contribution is 0.636. The second-order valence-corrected chi connectivity index (χ2v) is 5.19. The smallest absolute Gasteiger partial charge is 0.0710 e. The molecule has 0 spiro atoms. The molecule has 2 aromatic rings. The monoisotopic (exact) mass is 294 g/mol. The van der Waals surface area contributed by atoms with Crippen molar-refractivity contribution < 1.29 is 0 Å². The standard InChI is InChI=1S/C15H16Cl2N2/c1-2-10-4-3-5-11(8-10)15(19-18)12-6-7-13(16)14(17)9-12/h3-9,15,19H,2,18H2,1H3. The molecule has 0 aliphatic rings. The van der Waals surface area contributed by atoms with Gasteiger partial charge in [-0.2, -0.15) is 0 Å². The largest absolute Gasteiger partial charge is 0.271 e. The molecule has 2 aromatic carbocycles. The molecule has 3 N–H and O–H groups in total. The fraction of sp³-hybridized carbons (Fsp3) is 0.200. The van der Waals surface area contributed by atoms with Crippen molar-refractivity contribution in [1.82, 2.24) is 5.43 Å². The molecule has 0 saturated heterocycles. The predicted molar refractivity (Wildman–Crippen MR) is 81.4 cm³/mol. The van der Waals surface area contributed by atoms with Gasteiger partial charge in [-0.3, -0.25) is 5.84 Å². The third-order valence-electron chi connectivity index (χ3n) is 3.14. The minimum atomic E-state index is -0.0960. The number of hydrazine groups is 1. The van der Waals surface area contributed by atoms with Gasteiger partial charge in [0.2, 0.25) is 0 Å². The van der Waals surface area contributed by atoms with Crippen molar-refractivity contribution in [3.8, 4) is 0 Å². The van der Waals surface area contributed by atoms with Crippen LogP contribution in [0.2, 0.25) is 10.0 Å². The van der Waals surface area contributed by atoms with Gasteiger partial charge in [0.25, 0.3) is 0 Å². The van der Waals surface area contributed by atoms with Crippen LogP contribution >= 0.6 is 23.2 Å². The molecule has 2 rings (SSSR count). The summed E-state index contributed by atoms with van der Waals surface area (Å²) in [5, 5.41) is 1.08. The Hall–Kier alpha value is -1.06. The van der Waals surface area contributed by atoms with Gasteiger partial charge in [0, 0.05) is 0 Å². The molecule has 19 heavy (non-hydrogen) atoms. The van der Waals surface area contributed by atoms with Crippen LogP contribution < -0.4 is 11.3 Å². The van der Waals surface area contributed by atoms with Crippen LogP contribution in [0.4, 0.5) is 0 Å². The minimum absolute atomic E-state index is 0.0960. The van der Waals surface area contributed by atoms with Crippen LogP contribution in [0.25, 0.3) is 0 Å². The van der Waals surface area contributed by atoms with E-state index >= 15 is 0 Å². The van der Waals surface area contributed by atoms with Gasteiger partial charge in [-0.25, -0.2) is 5.43 Å². The first-order valence-corrected chi connectivity index (χ1v) is 6.91. The number of hydrogen-bond acceptors (Lipinski definition) is 2. The van der Waals surface area contributed by atoms with Gasteiger partial charge in [0.05, 0.1) is 16.1 Å². The van der Waals surface area contributed by atoms with Crippen molar-refractivity contribution in [2.24, 2.45) is 5.84 Å². The summed E-state index contributed by atoms with van der Waals surface area (Å²) in [6, 6.07) is 13.8. The second-order valence-electron chi connectivity index (χ2n) is 4.37. The lowest BCUT2D eigenvalue weighted by Crippen LogP contribution is -2.28. The van der Waals surface area contributed by atoms with E-state index in [1.807, 2.05) is 24.3 Å². The van der Waals surface area contributed by atoms with Crippen LogP contribution in [0.1, 0.15) is 29.7 Å². The van der Waals surface area contributed by atoms with Crippen LogP contribution in [0, 0.1) is 0 Å². The van der Waals surface area contributed by atoms with Crippen molar-refractivity contribution in [3.05, 3.63) is 69.2 Å². The molecule has 2 nitrogen and oxygen atoms in total. The lowest BCUT2D eigenvalue weighted by atomic mass is 9.97. The van der Waals surface area contributed by atoms with E-state index in [0.29, 0.717) is 10.0 Å². The molecule has 0 amide bonds. The van der Waals surface area contributed by atoms with Crippen LogP contribution in [0.15, 0.2) is 42.5 Å². The molecular formula is C15H16Cl2N2. The normalized spacial score (nSPS) is 12.4. The Kier molecular flexibility index (Phi) is 4.83. The molecule has 100 valence electrons. The molecule has 0 bridgehead atoms. The summed E-state index contributed by atoms with van der Waals surface area (Å²) >= 11 is 12.0. The van der Waals surface area contributed by atoms with Gasteiger partial charge in [-0.15, -0.1) is 0 Å². The van der Waals surface area contributed by atoms with Gasteiger partial charge in [0.15, 0.2) is 0 Å². The molecule has 0 aromatic heterocycles. The van der Waals surface area contributed by atoms with Crippen molar-refractivity contribution in [2.75, 3.05) is 0 Å². The van der Waals surface area contributed by atoms with E-state index in [4.69, 9.17) is 29.0 Å². The number of halogens is 2. The third kappa shape index (κ3) is 3.28. The summed E-state index contributed by atoms with van der Waals surface area (Å²) in [5.74, 6) is 5.69. The quantitative estimate of drug-likeness (QED) is 0.658. The zero-order valence-electron chi connectivity index (χ0n) is 10.7. The summed E-state index contributed by atoms with van der Waals surface area (Å²) in [6.45, 7) is 2.13. The molecule has 0 radical (unpaired) electrons. The molecule has 0 fully saturated rings. The zero-order chi connectivity index (χ0) is 13.8. The molecule has 1 unspecified atom stereocenters. The third-order valence-corrected chi connectivity index (χ3v) is 3.88. The molecule has 1 atom stereocenters. The number of aryl methyl sites for hydroxylation is 1. The first kappa shape index (κ1) is 14.4. The Morgan fingerprint density at radius 1 is 1.05 bits per heavy atom. The van der Waals surface area contributed by atoms with E-state index in [1.54, 1.807) is 6.07 Å². The van der Waals surface area contributed by atoms with E-state index in [9.17, 15) is 0 Å². The highest BCUT2D eigenvalue weighted by Crippen LogP contribution is 2.28. The van der Waals surface area contributed by atoms with E-state index < -0.39 is 0 Å². The van der Waals surface area contributed by atoms with Crippen LogP contribution in [-0.4, -0.2) is 0 Å². The Morgan fingerprint density at radius 3 is 2.42 bits per heavy atom. The van der Waals surface area contributed by atoms with Gasteiger partial charge >= 0.3 is 0 Å². The zero-order valence-corrected chi connectivity index (χ0v) is 12.2. The van der Waals surface area contributed by atoms with Crippen molar-refractivity contribution in [3.63, 3.8) is 0 Å². The van der Waals surface area contributed by atoms with E-state index in [0.717, 1.165) is 17.5 Å². The summed E-state index contributed by atoms with van der Waals surface area (Å²) < 4.78 is 0. The van der Waals surface area contributed by atoms with Gasteiger partial charge in [0.1, 0.15) is 0 Å². The number of nitrogens with one attached hydrogen (secondary N) is 1. The van der Waals surface area contributed by atoms with E-state index in [-0.39, 0.29) is 6.04 Å². The molecule has 0 aliphatic heterocycles. The van der Waals surface area contributed by atoms with E-state index in [1.165, 1.54) is 5.56 Å². The molecule has 4 heteroatoms. The van der Waals surface area contributed by atoms with Crippen molar-refractivity contribution in [2.45, 2.75) is 19.4 Å². The van der Waals surface area contributed by atoms with Crippen molar-refractivity contribution in [1.29, 1.82) is 0 Å². The van der Waals surface area contributed by atoms with Crippen LogP contribution in [-0.2, 0) is 6.42 Å². The Morgan fingerprint density at radius 2 is 1.79 bits per heavy atom. The highest BCUT2D eigenvalue weighted by atomic mass is 35.5. The average Bonchev–Trinajstić information content (AvgIpc) is 2.44. The molecule has 0 heterocycles.